The lowest BCUT2D eigenvalue weighted by Crippen LogP contribution is -2.40. The summed E-state index contributed by atoms with van der Waals surface area (Å²) in [5.41, 5.74) is 0.572. The van der Waals surface area contributed by atoms with Crippen molar-refractivity contribution in [3.8, 4) is 0 Å². The van der Waals surface area contributed by atoms with Crippen LogP contribution < -0.4 is 11.1 Å². The second-order valence-corrected chi connectivity index (χ2v) is 8.23. The molecule has 8 heteroatoms. The van der Waals surface area contributed by atoms with Gasteiger partial charge in [-0.15, -0.1) is 0 Å². The first-order valence-corrected chi connectivity index (χ1v) is 9.99. The van der Waals surface area contributed by atoms with Crippen LogP contribution in [-0.4, -0.2) is 21.4 Å². The molecule has 2 saturated carbocycles. The van der Waals surface area contributed by atoms with Gasteiger partial charge in [0.15, 0.2) is 5.58 Å². The number of non-ortho nitro benzene ring substituents is 1. The van der Waals surface area contributed by atoms with E-state index in [4.69, 9.17) is 4.42 Å². The van der Waals surface area contributed by atoms with Crippen molar-refractivity contribution >= 4 is 22.7 Å². The van der Waals surface area contributed by atoms with Gasteiger partial charge >= 0.3 is 5.76 Å². The van der Waals surface area contributed by atoms with E-state index in [-0.39, 0.29) is 23.2 Å². The van der Waals surface area contributed by atoms with Crippen molar-refractivity contribution in [1.82, 2.24) is 9.88 Å². The summed E-state index contributed by atoms with van der Waals surface area (Å²) < 4.78 is 6.53. The molecule has 1 aromatic carbocycles. The number of nitrogens with one attached hydrogen (secondary N) is 1. The molecule has 2 bridgehead atoms. The second kappa shape index (κ2) is 7.41. The maximum absolute atomic E-state index is 12.3. The number of nitro groups is 1. The van der Waals surface area contributed by atoms with Crippen LogP contribution in [0.3, 0.4) is 0 Å². The Labute approximate surface area is 162 Å². The van der Waals surface area contributed by atoms with Crippen LogP contribution in [0, 0.1) is 27.9 Å². The van der Waals surface area contributed by atoms with Gasteiger partial charge in [-0.05, 0) is 56.4 Å². The van der Waals surface area contributed by atoms with Crippen molar-refractivity contribution in [2.75, 3.05) is 0 Å². The maximum atomic E-state index is 12.3. The molecule has 0 radical (unpaired) electrons. The number of nitrogens with zero attached hydrogens (tertiary/aromatic N) is 2. The highest BCUT2D eigenvalue weighted by atomic mass is 16.6. The van der Waals surface area contributed by atoms with Gasteiger partial charge < -0.3 is 9.73 Å². The van der Waals surface area contributed by atoms with E-state index in [0.717, 1.165) is 11.8 Å². The summed E-state index contributed by atoms with van der Waals surface area (Å²) in [6.07, 6.45) is 6.02. The minimum Gasteiger partial charge on any atom is -0.407 e. The van der Waals surface area contributed by atoms with Gasteiger partial charge in [-0.1, -0.05) is 6.42 Å². The van der Waals surface area contributed by atoms with E-state index in [1.165, 1.54) is 48.4 Å². The largest absolute Gasteiger partial charge is 0.419 e. The van der Waals surface area contributed by atoms with E-state index in [1.54, 1.807) is 0 Å². The van der Waals surface area contributed by atoms with Crippen LogP contribution in [-0.2, 0) is 11.3 Å². The van der Waals surface area contributed by atoms with Crippen LogP contribution in [0.2, 0.25) is 0 Å². The van der Waals surface area contributed by atoms with Crippen molar-refractivity contribution in [1.29, 1.82) is 0 Å². The van der Waals surface area contributed by atoms with Crippen LogP contribution in [0.15, 0.2) is 27.4 Å². The predicted molar refractivity (Wildman–Crippen MR) is 103 cm³/mol. The molecule has 2 aliphatic carbocycles. The van der Waals surface area contributed by atoms with Crippen molar-refractivity contribution < 1.29 is 14.1 Å². The molecule has 0 aliphatic heterocycles. The highest BCUT2D eigenvalue weighted by Gasteiger charge is 2.42. The first kappa shape index (κ1) is 18.7. The Morgan fingerprint density at radius 2 is 2.21 bits per heavy atom. The average Bonchev–Trinajstić information content (AvgIpc) is 3.35. The Bertz CT molecular complexity index is 962. The van der Waals surface area contributed by atoms with Gasteiger partial charge in [0.2, 0.25) is 5.91 Å². The minimum absolute atomic E-state index is 0.00626. The van der Waals surface area contributed by atoms with Gasteiger partial charge in [0.1, 0.15) is 0 Å². The first-order chi connectivity index (χ1) is 13.4. The van der Waals surface area contributed by atoms with Gasteiger partial charge in [0.25, 0.3) is 5.69 Å². The molecule has 0 saturated heterocycles. The minimum atomic E-state index is -0.564. The normalized spacial score (nSPS) is 24.5. The molecule has 28 heavy (non-hydrogen) atoms. The zero-order valence-corrected chi connectivity index (χ0v) is 15.9. The smallest absolute Gasteiger partial charge is 0.407 e. The van der Waals surface area contributed by atoms with Gasteiger partial charge in [-0.2, -0.15) is 0 Å². The average molecular weight is 387 g/mol. The number of benzene rings is 1. The fourth-order valence-electron chi connectivity index (χ4n) is 5.12. The number of fused-ring (bicyclic) bond motifs is 3. The zero-order chi connectivity index (χ0) is 19.8. The number of aromatic nitrogens is 1. The third-order valence-electron chi connectivity index (χ3n) is 6.47. The molecular weight excluding hydrogens is 362 g/mol. The first-order valence-electron chi connectivity index (χ1n) is 9.99. The summed E-state index contributed by atoms with van der Waals surface area (Å²) in [5, 5.41) is 14.0. The fourth-order valence-corrected chi connectivity index (χ4v) is 5.12. The quantitative estimate of drug-likeness (QED) is 0.580. The van der Waals surface area contributed by atoms with Crippen LogP contribution in [0.25, 0.3) is 11.1 Å². The van der Waals surface area contributed by atoms with E-state index in [2.05, 4.69) is 12.2 Å². The number of carbonyl (C=O) groups is 1. The molecule has 2 aliphatic rings. The van der Waals surface area contributed by atoms with Gasteiger partial charge in [0.05, 0.1) is 16.5 Å². The Balaban J connectivity index is 1.32. The third kappa shape index (κ3) is 3.55. The van der Waals surface area contributed by atoms with Crippen LogP contribution in [0.5, 0.6) is 0 Å². The number of amides is 1. The summed E-state index contributed by atoms with van der Waals surface area (Å²) in [6, 6.07) is 4.30. The Kier molecular flexibility index (Phi) is 4.95. The molecule has 0 spiro atoms. The summed E-state index contributed by atoms with van der Waals surface area (Å²) >= 11 is 0. The van der Waals surface area contributed by atoms with E-state index < -0.39 is 10.7 Å². The van der Waals surface area contributed by atoms with Gasteiger partial charge in [-0.25, -0.2) is 4.79 Å². The van der Waals surface area contributed by atoms with Crippen LogP contribution in [0.4, 0.5) is 5.69 Å². The standard InChI is InChI=1S/C20H25N3O5/c1-12(16-10-13-4-5-14(16)9-13)21-19(24)3-2-8-22-17-7-6-15(23(26)27)11-18(17)28-20(22)25/h6-7,11-14,16H,2-5,8-10H2,1H3,(H,21,24). The third-order valence-corrected chi connectivity index (χ3v) is 6.47. The summed E-state index contributed by atoms with van der Waals surface area (Å²) in [5.74, 6) is 1.66. The molecule has 4 atom stereocenters. The predicted octanol–water partition coefficient (Wildman–Crippen LogP) is 3.22. The number of nitro benzene ring substituents is 1. The Morgan fingerprint density at radius 1 is 1.39 bits per heavy atom. The second-order valence-electron chi connectivity index (χ2n) is 8.23. The topological polar surface area (TPSA) is 107 Å². The van der Waals surface area contributed by atoms with Gasteiger partial charge in [-0.3, -0.25) is 19.5 Å². The molecule has 2 aromatic rings. The van der Waals surface area contributed by atoms with Crippen molar-refractivity contribution in [2.24, 2.45) is 17.8 Å². The number of oxazole rings is 1. The molecule has 1 amide bonds. The Morgan fingerprint density at radius 3 is 2.89 bits per heavy atom. The number of carbonyl (C=O) groups excluding carboxylic acids is 1. The molecule has 4 rings (SSSR count). The molecule has 8 nitrogen and oxygen atoms in total. The van der Waals surface area contributed by atoms with Gasteiger partial charge in [0, 0.05) is 25.1 Å². The highest BCUT2D eigenvalue weighted by Crippen LogP contribution is 2.49. The van der Waals surface area contributed by atoms with Crippen LogP contribution in [0.1, 0.15) is 45.4 Å². The number of rotatable bonds is 7. The summed E-state index contributed by atoms with van der Waals surface area (Å²) in [6.45, 7) is 2.43. The molecular formula is C20H25N3O5. The lowest BCUT2D eigenvalue weighted by molar-refractivity contribution is -0.384. The van der Waals surface area contributed by atoms with Crippen molar-refractivity contribution in [3.05, 3.63) is 38.9 Å². The highest BCUT2D eigenvalue weighted by molar-refractivity contribution is 5.77. The number of hydrogen-bond donors (Lipinski definition) is 1. The number of aryl methyl sites for hydroxylation is 1. The SMILES string of the molecule is CC(NC(=O)CCCn1c(=O)oc2cc([N+](=O)[O-])ccc21)C1CC2CCC1C2. The van der Waals surface area contributed by atoms with E-state index >= 15 is 0 Å². The van der Waals surface area contributed by atoms with E-state index in [0.29, 0.717) is 30.8 Å². The fraction of sp³-hybridized carbons (Fsp3) is 0.600. The summed E-state index contributed by atoms with van der Waals surface area (Å²) in [7, 11) is 0. The number of hydrogen-bond acceptors (Lipinski definition) is 5. The maximum Gasteiger partial charge on any atom is 0.419 e. The monoisotopic (exact) mass is 387 g/mol. The molecule has 4 unspecified atom stereocenters. The molecule has 150 valence electrons. The molecule has 2 fully saturated rings. The molecule has 1 heterocycles. The zero-order valence-electron chi connectivity index (χ0n) is 15.9. The van der Waals surface area contributed by atoms with Crippen molar-refractivity contribution in [3.63, 3.8) is 0 Å². The van der Waals surface area contributed by atoms with E-state index in [1.807, 2.05) is 0 Å². The Hall–Kier alpha value is -2.64. The van der Waals surface area contributed by atoms with Crippen molar-refractivity contribution in [2.45, 2.75) is 58.0 Å². The lowest BCUT2D eigenvalue weighted by Gasteiger charge is -2.28. The summed E-state index contributed by atoms with van der Waals surface area (Å²) in [4.78, 5) is 34.7. The van der Waals surface area contributed by atoms with E-state index in [9.17, 15) is 19.7 Å². The lowest BCUT2D eigenvalue weighted by atomic mass is 9.84. The van der Waals surface area contributed by atoms with Crippen LogP contribution >= 0.6 is 0 Å². The molecule has 1 aromatic heterocycles. The molecule has 1 N–H and O–H groups in total.